The van der Waals surface area contributed by atoms with E-state index in [1.807, 2.05) is 31.2 Å². The summed E-state index contributed by atoms with van der Waals surface area (Å²) >= 11 is 0. The number of phenols is 1. The Morgan fingerprint density at radius 1 is 1.11 bits per heavy atom. The van der Waals surface area contributed by atoms with Crippen LogP contribution in [0.25, 0.3) is 11.3 Å². The van der Waals surface area contributed by atoms with Crippen LogP contribution in [0.15, 0.2) is 34.7 Å². The van der Waals surface area contributed by atoms with Gasteiger partial charge in [0.25, 0.3) is 0 Å². The molecule has 0 radical (unpaired) electrons. The van der Waals surface area contributed by atoms with Gasteiger partial charge in [0.15, 0.2) is 0 Å². The second-order valence-electron chi connectivity index (χ2n) is 6.00. The van der Waals surface area contributed by atoms with Crippen molar-refractivity contribution < 1.29 is 9.52 Å². The van der Waals surface area contributed by atoms with Gasteiger partial charge in [-0.25, -0.2) is 0 Å². The molecule has 0 fully saturated rings. The number of hydrogen-bond acceptors (Lipinski definition) is 2. The third-order valence-electron chi connectivity index (χ3n) is 2.80. The van der Waals surface area contributed by atoms with Gasteiger partial charge < -0.3 is 9.52 Å². The Labute approximate surface area is 108 Å². The molecule has 0 unspecified atom stereocenters. The van der Waals surface area contributed by atoms with Gasteiger partial charge >= 0.3 is 0 Å². The Kier molecular flexibility index (Phi) is 3.20. The standard InChI is InChI=1S/C16H20O2/c1-11-5-8-15(18-11)13-7-6-12(9-14(13)17)10-16(2,3)4/h5-9,17H,10H2,1-4H3. The van der Waals surface area contributed by atoms with Gasteiger partial charge in [0.05, 0.1) is 5.56 Å². The molecule has 0 aliphatic carbocycles. The highest BCUT2D eigenvalue weighted by atomic mass is 16.3. The van der Waals surface area contributed by atoms with Crippen molar-refractivity contribution in [2.75, 3.05) is 0 Å². The minimum absolute atomic E-state index is 0.217. The van der Waals surface area contributed by atoms with Crippen LogP contribution in [-0.2, 0) is 6.42 Å². The van der Waals surface area contributed by atoms with E-state index in [9.17, 15) is 5.11 Å². The lowest BCUT2D eigenvalue weighted by Crippen LogP contribution is -2.08. The molecule has 0 saturated heterocycles. The molecule has 1 aromatic heterocycles. The van der Waals surface area contributed by atoms with Crippen LogP contribution in [0.5, 0.6) is 5.75 Å². The molecular formula is C16H20O2. The number of rotatable bonds is 2. The van der Waals surface area contributed by atoms with Gasteiger partial charge in [-0.15, -0.1) is 0 Å². The fourth-order valence-electron chi connectivity index (χ4n) is 2.09. The topological polar surface area (TPSA) is 33.4 Å². The minimum atomic E-state index is 0.217. The smallest absolute Gasteiger partial charge is 0.137 e. The molecule has 0 amide bonds. The highest BCUT2D eigenvalue weighted by molar-refractivity contribution is 5.66. The van der Waals surface area contributed by atoms with Crippen LogP contribution in [0.2, 0.25) is 0 Å². The van der Waals surface area contributed by atoms with E-state index in [0.29, 0.717) is 5.76 Å². The lowest BCUT2D eigenvalue weighted by molar-refractivity contribution is 0.409. The molecule has 2 nitrogen and oxygen atoms in total. The second kappa shape index (κ2) is 4.52. The number of phenolic OH excluding ortho intramolecular Hbond substituents is 1. The SMILES string of the molecule is Cc1ccc(-c2ccc(CC(C)(C)C)cc2O)o1. The highest BCUT2D eigenvalue weighted by Crippen LogP contribution is 2.32. The third-order valence-corrected chi connectivity index (χ3v) is 2.80. The highest BCUT2D eigenvalue weighted by Gasteiger charge is 2.14. The van der Waals surface area contributed by atoms with Crippen LogP contribution in [0.4, 0.5) is 0 Å². The largest absolute Gasteiger partial charge is 0.507 e. The van der Waals surface area contributed by atoms with Crippen LogP contribution in [0.1, 0.15) is 32.1 Å². The molecule has 0 bridgehead atoms. The molecule has 1 heterocycles. The number of aromatic hydroxyl groups is 1. The molecule has 0 aliphatic rings. The fraction of sp³-hybridized carbons (Fsp3) is 0.375. The molecule has 2 rings (SSSR count). The quantitative estimate of drug-likeness (QED) is 0.840. The first kappa shape index (κ1) is 12.7. The van der Waals surface area contributed by atoms with Crippen molar-refractivity contribution in [3.8, 4) is 17.1 Å². The van der Waals surface area contributed by atoms with Gasteiger partial charge in [0.1, 0.15) is 17.3 Å². The van der Waals surface area contributed by atoms with Crippen LogP contribution in [0, 0.1) is 12.3 Å². The molecule has 0 saturated carbocycles. The van der Waals surface area contributed by atoms with Crippen molar-refractivity contribution in [1.82, 2.24) is 0 Å². The van der Waals surface area contributed by atoms with E-state index in [1.165, 1.54) is 0 Å². The lowest BCUT2D eigenvalue weighted by atomic mass is 9.88. The monoisotopic (exact) mass is 244 g/mol. The van der Waals surface area contributed by atoms with E-state index in [4.69, 9.17) is 4.42 Å². The number of aryl methyl sites for hydroxylation is 1. The van der Waals surface area contributed by atoms with E-state index in [2.05, 4.69) is 26.8 Å². The second-order valence-corrected chi connectivity index (χ2v) is 6.00. The van der Waals surface area contributed by atoms with Crippen molar-refractivity contribution in [3.05, 3.63) is 41.7 Å². The fourth-order valence-corrected chi connectivity index (χ4v) is 2.09. The predicted octanol–water partition coefficient (Wildman–Crippen LogP) is 4.55. The molecule has 1 aromatic carbocycles. The maximum absolute atomic E-state index is 10.1. The normalized spacial score (nSPS) is 11.8. The zero-order valence-electron chi connectivity index (χ0n) is 11.4. The van der Waals surface area contributed by atoms with Crippen LogP contribution < -0.4 is 0 Å². The molecule has 18 heavy (non-hydrogen) atoms. The third kappa shape index (κ3) is 2.95. The number of hydrogen-bond donors (Lipinski definition) is 1. The Hall–Kier alpha value is -1.70. The van der Waals surface area contributed by atoms with E-state index < -0.39 is 0 Å². The van der Waals surface area contributed by atoms with Gasteiger partial charge in [-0.05, 0) is 48.6 Å². The maximum Gasteiger partial charge on any atom is 0.137 e. The molecular weight excluding hydrogens is 224 g/mol. The van der Waals surface area contributed by atoms with Gasteiger partial charge in [-0.3, -0.25) is 0 Å². The zero-order chi connectivity index (χ0) is 13.3. The van der Waals surface area contributed by atoms with Crippen LogP contribution in [-0.4, -0.2) is 5.11 Å². The summed E-state index contributed by atoms with van der Waals surface area (Å²) in [4.78, 5) is 0. The summed E-state index contributed by atoms with van der Waals surface area (Å²) in [5.41, 5.74) is 2.11. The molecule has 96 valence electrons. The average molecular weight is 244 g/mol. The van der Waals surface area contributed by atoms with Gasteiger partial charge in [-0.1, -0.05) is 26.8 Å². The van der Waals surface area contributed by atoms with Crippen molar-refractivity contribution in [2.24, 2.45) is 5.41 Å². The van der Waals surface area contributed by atoms with Crippen molar-refractivity contribution in [2.45, 2.75) is 34.1 Å². The maximum atomic E-state index is 10.1. The Morgan fingerprint density at radius 3 is 2.33 bits per heavy atom. The first-order valence-corrected chi connectivity index (χ1v) is 6.24. The van der Waals surface area contributed by atoms with Crippen molar-refractivity contribution >= 4 is 0 Å². The summed E-state index contributed by atoms with van der Waals surface area (Å²) in [6, 6.07) is 9.59. The van der Waals surface area contributed by atoms with E-state index in [1.54, 1.807) is 0 Å². The van der Waals surface area contributed by atoms with Gasteiger partial charge in [0, 0.05) is 0 Å². The van der Waals surface area contributed by atoms with E-state index in [-0.39, 0.29) is 11.2 Å². The Morgan fingerprint density at radius 2 is 1.83 bits per heavy atom. The average Bonchev–Trinajstić information content (AvgIpc) is 2.62. The van der Waals surface area contributed by atoms with E-state index >= 15 is 0 Å². The molecule has 0 aliphatic heterocycles. The molecule has 1 N–H and O–H groups in total. The minimum Gasteiger partial charge on any atom is -0.507 e. The molecule has 0 spiro atoms. The molecule has 2 heteroatoms. The van der Waals surface area contributed by atoms with Gasteiger partial charge in [0.2, 0.25) is 0 Å². The summed E-state index contributed by atoms with van der Waals surface area (Å²) in [6.45, 7) is 8.46. The van der Waals surface area contributed by atoms with Crippen LogP contribution in [0.3, 0.4) is 0 Å². The summed E-state index contributed by atoms with van der Waals surface area (Å²) in [5, 5.41) is 10.1. The van der Waals surface area contributed by atoms with E-state index in [0.717, 1.165) is 23.3 Å². The zero-order valence-corrected chi connectivity index (χ0v) is 11.4. The number of benzene rings is 1. The molecule has 0 atom stereocenters. The van der Waals surface area contributed by atoms with Crippen molar-refractivity contribution in [1.29, 1.82) is 0 Å². The number of furan rings is 1. The predicted molar refractivity (Wildman–Crippen MR) is 73.7 cm³/mol. The summed E-state index contributed by atoms with van der Waals surface area (Å²) in [7, 11) is 0. The summed E-state index contributed by atoms with van der Waals surface area (Å²) in [6.07, 6.45) is 0.942. The Bertz CT molecular complexity index is 544. The summed E-state index contributed by atoms with van der Waals surface area (Å²) < 4.78 is 5.53. The first-order chi connectivity index (χ1) is 8.35. The Balaban J connectivity index is 2.31. The molecule has 2 aromatic rings. The summed E-state index contributed by atoms with van der Waals surface area (Å²) in [5.74, 6) is 1.85. The van der Waals surface area contributed by atoms with Gasteiger partial charge in [-0.2, -0.15) is 0 Å². The first-order valence-electron chi connectivity index (χ1n) is 6.24. The van der Waals surface area contributed by atoms with Crippen molar-refractivity contribution in [3.63, 3.8) is 0 Å². The lowest BCUT2D eigenvalue weighted by Gasteiger charge is -2.18. The van der Waals surface area contributed by atoms with Crippen LogP contribution >= 0.6 is 0 Å².